The molecular formula is C79H124O6Si3. The van der Waals surface area contributed by atoms with E-state index in [1.165, 1.54) is 31.3 Å². The molecule has 9 fully saturated rings. The van der Waals surface area contributed by atoms with Crippen LogP contribution in [0.4, 0.5) is 0 Å². The van der Waals surface area contributed by atoms with Gasteiger partial charge >= 0.3 is 0 Å². The van der Waals surface area contributed by atoms with Crippen LogP contribution in [0, 0.1) is 110 Å². The highest BCUT2D eigenvalue weighted by atomic mass is 28.4. The second-order valence-electron chi connectivity index (χ2n) is 36.4. The first kappa shape index (κ1) is 68.5. The van der Waals surface area contributed by atoms with Crippen molar-refractivity contribution in [2.75, 3.05) is 0 Å². The Bertz CT molecular complexity index is 2910. The molecule has 3 N–H and O–H groups in total. The molecule has 0 radical (unpaired) electrons. The van der Waals surface area contributed by atoms with E-state index in [-0.39, 0.29) is 48.7 Å². The van der Waals surface area contributed by atoms with Crippen LogP contribution in [-0.2, 0) is 13.6 Å². The number of terminal acetylenes is 1. The Hall–Kier alpha value is -2.32. The third-order valence-electron chi connectivity index (χ3n) is 29.5. The van der Waals surface area contributed by atoms with Crippen LogP contribution >= 0.6 is 0 Å². The molecule has 9 saturated carbocycles. The van der Waals surface area contributed by atoms with Gasteiger partial charge in [-0.3, -0.25) is 4.79 Å². The maximum absolute atomic E-state index is 12.6. The number of Topliss-reactive ketones (excluding diaryl/α,β-unsaturated/α-hetero) is 1. The normalized spacial score (nSPS) is 45.1. The van der Waals surface area contributed by atoms with Crippen molar-refractivity contribution in [1.82, 2.24) is 0 Å². The molecule has 9 unspecified atom stereocenters. The van der Waals surface area contributed by atoms with Gasteiger partial charge in [0.2, 0.25) is 0 Å². The Morgan fingerprint density at radius 1 is 0.534 bits per heavy atom. The van der Waals surface area contributed by atoms with E-state index >= 15 is 0 Å². The van der Waals surface area contributed by atoms with Crippen LogP contribution in [-0.4, -0.2) is 75.3 Å². The third-order valence-corrected chi connectivity index (χ3v) is 39.5. The number of aliphatic hydroxyl groups excluding tert-OH is 1. The lowest BCUT2D eigenvalue weighted by Crippen LogP contribution is -2.55. The predicted molar refractivity (Wildman–Crippen MR) is 374 cm³/mol. The number of carbonyl (C=O) groups is 1. The van der Waals surface area contributed by atoms with Gasteiger partial charge in [-0.15, -0.1) is 31.7 Å². The number of carbonyl (C=O) groups excluding carboxylic acids is 1. The van der Waals surface area contributed by atoms with Gasteiger partial charge in [-0.2, -0.15) is 0 Å². The van der Waals surface area contributed by atoms with Crippen LogP contribution in [0.1, 0.15) is 216 Å². The Kier molecular flexibility index (Phi) is 18.3. The quantitative estimate of drug-likeness (QED) is 0.134. The summed E-state index contributed by atoms with van der Waals surface area (Å²) in [5.41, 5.74) is 6.50. The molecule has 0 aromatic heterocycles. The molecule has 0 amide bonds. The van der Waals surface area contributed by atoms with Crippen molar-refractivity contribution in [1.29, 1.82) is 0 Å². The minimum absolute atomic E-state index is 0.0441. The number of allylic oxidation sites excluding steroid dienone is 6. The van der Waals surface area contributed by atoms with Crippen LogP contribution in [0.3, 0.4) is 0 Å². The predicted octanol–water partition coefficient (Wildman–Crippen LogP) is 19.0. The van der Waals surface area contributed by atoms with Crippen molar-refractivity contribution in [3.63, 3.8) is 0 Å². The van der Waals surface area contributed by atoms with E-state index in [1.807, 2.05) is 0 Å². The summed E-state index contributed by atoms with van der Waals surface area (Å²) in [5, 5.41) is 33.5. The SMILES string of the molecule is C#C[C@]1(O)CCC2C3CC=C4C[C@@H](O)CC[C@]4(C=C)C3CC[C@@]21C.C=C[C@]12CC[C@H](O[Si](C)(C)C(C)(C)C)CC1=CCC1C2CC[C@@]2(C)C1CC[C@@]2(O)C#C[Si](C)(C)C.C=C[C@]12CC[C@H](O[Si](C)(C)C(C)(C)C)CC1=CCC1C2CC[C@]2(C)C(=O)CCC12. The van der Waals surface area contributed by atoms with Crippen LogP contribution < -0.4 is 0 Å². The lowest BCUT2D eigenvalue weighted by molar-refractivity contribution is -0.131. The lowest BCUT2D eigenvalue weighted by atomic mass is 9.46. The fraction of sp³-hybridized carbons (Fsp3) is 0.785. The van der Waals surface area contributed by atoms with Crippen LogP contribution in [0.2, 0.25) is 55.9 Å². The fourth-order valence-electron chi connectivity index (χ4n) is 22.1. The number of aliphatic hydroxyl groups is 3. The summed E-state index contributed by atoms with van der Waals surface area (Å²) in [5.74, 6) is 12.2. The topological polar surface area (TPSA) is 96.2 Å². The minimum atomic E-state index is -1.77. The molecule has 0 aromatic rings. The first-order valence-corrected chi connectivity index (χ1v) is 45.2. The molecule has 0 saturated heterocycles. The molecule has 0 aromatic carbocycles. The summed E-state index contributed by atoms with van der Waals surface area (Å²) in [7, 11) is -5.04. The lowest BCUT2D eigenvalue weighted by Gasteiger charge is -2.59. The molecule has 12 aliphatic rings. The van der Waals surface area contributed by atoms with Gasteiger partial charge < -0.3 is 24.2 Å². The number of fused-ring (bicyclic) bond motifs is 15. The van der Waals surface area contributed by atoms with Gasteiger partial charge in [-0.05, 0) is 237 Å². The molecule has 0 heterocycles. The van der Waals surface area contributed by atoms with Crippen LogP contribution in [0.25, 0.3) is 0 Å². The molecule has 9 heteroatoms. The average Bonchev–Trinajstić information content (AvgIpc) is 1.40. The first-order chi connectivity index (χ1) is 40.8. The summed E-state index contributed by atoms with van der Waals surface area (Å²) < 4.78 is 13.7. The summed E-state index contributed by atoms with van der Waals surface area (Å²) >= 11 is 0. The Morgan fingerprint density at radius 3 is 1.34 bits per heavy atom. The second kappa shape index (κ2) is 23.5. The van der Waals surface area contributed by atoms with E-state index in [0.717, 1.165) is 128 Å². The van der Waals surface area contributed by atoms with Gasteiger partial charge in [0.15, 0.2) is 16.6 Å². The van der Waals surface area contributed by atoms with E-state index in [4.69, 9.17) is 15.3 Å². The Morgan fingerprint density at radius 2 is 0.920 bits per heavy atom. The van der Waals surface area contributed by atoms with E-state index in [0.29, 0.717) is 71.3 Å². The molecule has 488 valence electrons. The van der Waals surface area contributed by atoms with Crippen molar-refractivity contribution in [2.24, 2.45) is 85.8 Å². The van der Waals surface area contributed by atoms with Crippen molar-refractivity contribution < 1.29 is 29.0 Å². The van der Waals surface area contributed by atoms with Gasteiger partial charge in [0.05, 0.1) is 6.10 Å². The van der Waals surface area contributed by atoms with Crippen LogP contribution in [0.5, 0.6) is 0 Å². The summed E-state index contributed by atoms with van der Waals surface area (Å²) in [6.45, 7) is 50.3. The Labute approximate surface area is 540 Å². The van der Waals surface area contributed by atoms with E-state index in [2.05, 4.69) is 182 Å². The monoisotopic (exact) mass is 1250 g/mol. The number of hydrogen-bond acceptors (Lipinski definition) is 6. The number of ketones is 1. The van der Waals surface area contributed by atoms with E-state index in [9.17, 15) is 20.1 Å². The smallest absolute Gasteiger partial charge is 0.192 e. The average molecular weight is 1250 g/mol. The number of hydrogen-bond donors (Lipinski definition) is 3. The molecular weight excluding hydrogens is 1130 g/mol. The van der Waals surface area contributed by atoms with Gasteiger partial charge in [0.25, 0.3) is 0 Å². The minimum Gasteiger partial charge on any atom is -0.414 e. The highest BCUT2D eigenvalue weighted by Gasteiger charge is 2.66. The molecule has 6 nitrogen and oxygen atoms in total. The Balaban J connectivity index is 0.000000148. The maximum Gasteiger partial charge on any atom is 0.192 e. The van der Waals surface area contributed by atoms with Crippen molar-refractivity contribution in [3.8, 4) is 23.8 Å². The fourth-order valence-corrected chi connectivity index (χ4v) is 25.4. The summed E-state index contributed by atoms with van der Waals surface area (Å²) in [4.78, 5) is 12.6. The highest BCUT2D eigenvalue weighted by Crippen LogP contribution is 2.70. The molecule has 0 aliphatic heterocycles. The molecule has 12 aliphatic carbocycles. The molecule has 88 heavy (non-hydrogen) atoms. The van der Waals surface area contributed by atoms with Crippen molar-refractivity contribution in [2.45, 2.75) is 302 Å². The molecule has 0 spiro atoms. The maximum atomic E-state index is 12.6. The van der Waals surface area contributed by atoms with Gasteiger partial charge in [0, 0.05) is 51.1 Å². The van der Waals surface area contributed by atoms with E-state index < -0.39 is 35.9 Å². The van der Waals surface area contributed by atoms with Crippen molar-refractivity contribution >= 4 is 30.5 Å². The van der Waals surface area contributed by atoms with Gasteiger partial charge in [0.1, 0.15) is 25.1 Å². The van der Waals surface area contributed by atoms with Gasteiger partial charge in [-0.25, -0.2) is 0 Å². The van der Waals surface area contributed by atoms with E-state index in [1.54, 1.807) is 11.1 Å². The zero-order chi connectivity index (χ0) is 64.5. The highest BCUT2D eigenvalue weighted by molar-refractivity contribution is 6.83. The number of rotatable bonds is 7. The summed E-state index contributed by atoms with van der Waals surface area (Å²) in [6.07, 6.45) is 45.9. The zero-order valence-corrected chi connectivity index (χ0v) is 61.6. The molecule has 20 atom stereocenters. The van der Waals surface area contributed by atoms with Crippen molar-refractivity contribution in [3.05, 3.63) is 72.9 Å². The first-order valence-electron chi connectivity index (χ1n) is 35.9. The standard InChI is InChI=1S/C31H52O2Si2.C26H42O2Si.C22H30O2/c1-11-30-18-14-24(33-35(9,10)28(2,3)4)22-23(30)12-13-25-26-16-19-31(32,20-21-34(6,7)8)29(26,5)17-15-27(25)30;1-8-26-16-13-19(28-29(6,7)24(2,3)4)17-18(26)9-10-20-21-11-12-23(27)25(21,5)15-14-22(20)26;1-4-21-12-8-16(23)14-15(21)6-7-17-18-10-13-22(24,5-2)20(18,3)11-9-19(17)21/h11-12,24-27,32H,1,13-19,22H2,2-10H3;8-9,19-22H,1,10-17H2,2-7H3;2,4,6,16-19,23-24H,1,7-14H2,3H3/t24-,25?,26?,27?,29-,30-,31+;19-,20?,21?,22?,25-,26-;16-,17?,18?,19?,20-,21-,22-/m000/s1. The molecule has 12 rings (SSSR count). The third kappa shape index (κ3) is 11.1. The summed E-state index contributed by atoms with van der Waals surface area (Å²) in [6, 6.07) is 0. The second-order valence-corrected chi connectivity index (χ2v) is 50.7. The zero-order valence-electron chi connectivity index (χ0n) is 58.6. The molecule has 0 bridgehead atoms. The van der Waals surface area contributed by atoms with Crippen LogP contribution in [0.15, 0.2) is 72.9 Å². The van der Waals surface area contributed by atoms with Gasteiger partial charge in [-0.1, -0.05) is 147 Å². The largest absolute Gasteiger partial charge is 0.414 e.